The van der Waals surface area contributed by atoms with Gasteiger partial charge < -0.3 is 19.5 Å². The van der Waals surface area contributed by atoms with Gasteiger partial charge in [0.05, 0.1) is 18.7 Å². The molecule has 2 aromatic rings. The summed E-state index contributed by atoms with van der Waals surface area (Å²) in [6, 6.07) is 5.71. The first-order chi connectivity index (χ1) is 13.0. The van der Waals surface area contributed by atoms with Gasteiger partial charge in [0.1, 0.15) is 11.6 Å². The lowest BCUT2D eigenvalue weighted by Gasteiger charge is -2.20. The maximum absolute atomic E-state index is 12.5. The van der Waals surface area contributed by atoms with Crippen LogP contribution in [0.2, 0.25) is 0 Å². The number of carbonyl (C=O) groups excluding carboxylic acids is 2. The molecule has 3 rings (SSSR count). The second kappa shape index (κ2) is 8.24. The fourth-order valence-electron chi connectivity index (χ4n) is 3.37. The Morgan fingerprint density at radius 1 is 1.37 bits per heavy atom. The van der Waals surface area contributed by atoms with E-state index in [-0.39, 0.29) is 24.2 Å². The van der Waals surface area contributed by atoms with E-state index < -0.39 is 0 Å². The summed E-state index contributed by atoms with van der Waals surface area (Å²) < 4.78 is 7.43. The van der Waals surface area contributed by atoms with Gasteiger partial charge in [-0.05, 0) is 38.0 Å². The number of nitrogens with one attached hydrogen (secondary N) is 1. The number of hydrogen-bond donors (Lipinski definition) is 1. The summed E-state index contributed by atoms with van der Waals surface area (Å²) >= 11 is 0. The van der Waals surface area contributed by atoms with Crippen molar-refractivity contribution in [2.75, 3.05) is 25.1 Å². The molecule has 7 nitrogen and oxygen atoms in total. The van der Waals surface area contributed by atoms with Gasteiger partial charge in [0.25, 0.3) is 0 Å². The summed E-state index contributed by atoms with van der Waals surface area (Å²) in [4.78, 5) is 30.8. The maximum Gasteiger partial charge on any atom is 0.227 e. The number of methoxy groups -OCH3 is 1. The average molecular weight is 370 g/mol. The Morgan fingerprint density at radius 2 is 2.19 bits per heavy atom. The zero-order valence-electron chi connectivity index (χ0n) is 16.1. The molecular formula is C20H26N4O3. The number of imidazole rings is 1. The second-order valence-corrected chi connectivity index (χ2v) is 6.89. The average Bonchev–Trinajstić information content (AvgIpc) is 3.24. The van der Waals surface area contributed by atoms with Gasteiger partial charge >= 0.3 is 0 Å². The molecule has 27 heavy (non-hydrogen) atoms. The molecule has 2 heterocycles. The molecule has 0 bridgehead atoms. The number of aromatic nitrogens is 2. The second-order valence-electron chi connectivity index (χ2n) is 6.89. The zero-order chi connectivity index (χ0) is 19.4. The van der Waals surface area contributed by atoms with Gasteiger partial charge in [-0.25, -0.2) is 4.98 Å². The van der Waals surface area contributed by atoms with E-state index in [0.29, 0.717) is 18.8 Å². The van der Waals surface area contributed by atoms with Crippen molar-refractivity contribution in [3.05, 3.63) is 42.0 Å². The Labute approximate surface area is 159 Å². The van der Waals surface area contributed by atoms with Gasteiger partial charge in [-0.15, -0.1) is 0 Å². The lowest BCUT2D eigenvalue weighted by molar-refractivity contribution is -0.126. The third-order valence-corrected chi connectivity index (χ3v) is 4.92. The topological polar surface area (TPSA) is 76.5 Å². The highest BCUT2D eigenvalue weighted by Crippen LogP contribution is 2.33. The van der Waals surface area contributed by atoms with E-state index in [1.54, 1.807) is 18.2 Å². The summed E-state index contributed by atoms with van der Waals surface area (Å²) in [6.07, 6.45) is 4.74. The SMILES string of the molecule is COc1ccc(C)cc1N1CC(C(=O)NCCCn2ccnc2C)CC1=O. The molecule has 1 aliphatic rings. The van der Waals surface area contributed by atoms with E-state index in [1.807, 2.05) is 38.2 Å². The van der Waals surface area contributed by atoms with E-state index in [2.05, 4.69) is 14.9 Å². The van der Waals surface area contributed by atoms with Crippen LogP contribution >= 0.6 is 0 Å². The predicted molar refractivity (Wildman–Crippen MR) is 103 cm³/mol. The fraction of sp³-hybridized carbons (Fsp3) is 0.450. The van der Waals surface area contributed by atoms with Crippen LogP contribution in [0.3, 0.4) is 0 Å². The van der Waals surface area contributed by atoms with Crippen LogP contribution in [0.25, 0.3) is 0 Å². The molecule has 7 heteroatoms. The van der Waals surface area contributed by atoms with Crippen molar-refractivity contribution in [3.8, 4) is 5.75 Å². The third kappa shape index (κ3) is 4.30. The highest BCUT2D eigenvalue weighted by molar-refractivity contribution is 6.01. The van der Waals surface area contributed by atoms with Gasteiger partial charge in [-0.2, -0.15) is 0 Å². The first kappa shape index (κ1) is 18.9. The Morgan fingerprint density at radius 3 is 2.89 bits per heavy atom. The van der Waals surface area contributed by atoms with Crippen LogP contribution in [0, 0.1) is 19.8 Å². The van der Waals surface area contributed by atoms with E-state index >= 15 is 0 Å². The van der Waals surface area contributed by atoms with Crippen LogP contribution in [-0.2, 0) is 16.1 Å². The zero-order valence-corrected chi connectivity index (χ0v) is 16.1. The van der Waals surface area contributed by atoms with Crippen molar-refractivity contribution < 1.29 is 14.3 Å². The minimum absolute atomic E-state index is 0.0481. The Bertz CT molecular complexity index is 830. The van der Waals surface area contributed by atoms with Crippen molar-refractivity contribution in [2.24, 2.45) is 5.92 Å². The number of ether oxygens (including phenoxy) is 1. The predicted octanol–water partition coefficient (Wildman–Crippen LogP) is 2.07. The number of nitrogens with zero attached hydrogens (tertiary/aromatic N) is 3. The van der Waals surface area contributed by atoms with E-state index in [4.69, 9.17) is 4.74 Å². The Hall–Kier alpha value is -2.83. The van der Waals surface area contributed by atoms with Crippen molar-refractivity contribution in [3.63, 3.8) is 0 Å². The Balaban J connectivity index is 1.54. The first-order valence-electron chi connectivity index (χ1n) is 9.20. The molecule has 0 radical (unpaired) electrons. The van der Waals surface area contributed by atoms with Gasteiger partial charge in [-0.3, -0.25) is 9.59 Å². The van der Waals surface area contributed by atoms with Crippen LogP contribution in [0.15, 0.2) is 30.6 Å². The van der Waals surface area contributed by atoms with Crippen molar-refractivity contribution in [1.82, 2.24) is 14.9 Å². The van der Waals surface area contributed by atoms with Gasteiger partial charge in [-0.1, -0.05) is 6.07 Å². The molecule has 144 valence electrons. The minimum Gasteiger partial charge on any atom is -0.495 e. The molecule has 1 aliphatic heterocycles. The number of benzene rings is 1. The van der Waals surface area contributed by atoms with E-state index in [0.717, 1.165) is 30.0 Å². The molecule has 1 fully saturated rings. The van der Waals surface area contributed by atoms with Crippen molar-refractivity contribution in [2.45, 2.75) is 33.2 Å². The van der Waals surface area contributed by atoms with Crippen LogP contribution in [0.1, 0.15) is 24.2 Å². The van der Waals surface area contributed by atoms with Crippen molar-refractivity contribution >= 4 is 17.5 Å². The molecular weight excluding hydrogens is 344 g/mol. The highest BCUT2D eigenvalue weighted by Gasteiger charge is 2.36. The normalized spacial score (nSPS) is 16.6. The molecule has 1 saturated heterocycles. The minimum atomic E-state index is -0.335. The summed E-state index contributed by atoms with van der Waals surface area (Å²) in [5.74, 6) is 1.15. The van der Waals surface area contributed by atoms with Crippen molar-refractivity contribution in [1.29, 1.82) is 0 Å². The molecule has 1 aromatic carbocycles. The number of amides is 2. The molecule has 0 saturated carbocycles. The lowest BCUT2D eigenvalue weighted by Crippen LogP contribution is -2.34. The number of carbonyl (C=O) groups is 2. The quantitative estimate of drug-likeness (QED) is 0.757. The molecule has 1 aromatic heterocycles. The number of anilines is 1. The highest BCUT2D eigenvalue weighted by atomic mass is 16.5. The monoisotopic (exact) mass is 370 g/mol. The van der Waals surface area contributed by atoms with Gasteiger partial charge in [0.2, 0.25) is 11.8 Å². The van der Waals surface area contributed by atoms with Crippen LogP contribution in [0.5, 0.6) is 5.75 Å². The van der Waals surface area contributed by atoms with Crippen LogP contribution < -0.4 is 15.0 Å². The molecule has 0 spiro atoms. The molecule has 1 atom stereocenters. The Kier molecular flexibility index (Phi) is 5.78. The van der Waals surface area contributed by atoms with Gasteiger partial charge in [0, 0.05) is 38.4 Å². The summed E-state index contributed by atoms with van der Waals surface area (Å²) in [5.41, 5.74) is 1.77. The lowest BCUT2D eigenvalue weighted by atomic mass is 10.1. The van der Waals surface area contributed by atoms with Crippen LogP contribution in [0.4, 0.5) is 5.69 Å². The fourth-order valence-corrected chi connectivity index (χ4v) is 3.37. The number of aryl methyl sites for hydroxylation is 3. The van der Waals surface area contributed by atoms with Gasteiger partial charge in [0.15, 0.2) is 0 Å². The molecule has 1 unspecified atom stereocenters. The number of rotatable bonds is 7. The molecule has 1 N–H and O–H groups in total. The van der Waals surface area contributed by atoms with E-state index in [1.165, 1.54) is 0 Å². The summed E-state index contributed by atoms with van der Waals surface area (Å²) in [5, 5.41) is 2.96. The maximum atomic E-state index is 12.5. The number of hydrogen-bond acceptors (Lipinski definition) is 4. The smallest absolute Gasteiger partial charge is 0.227 e. The standard InChI is InChI=1S/C20H26N4O3/c1-14-5-6-18(27-3)17(11-14)24-13-16(12-19(24)25)20(26)22-7-4-9-23-10-8-21-15(23)2/h5-6,8,10-11,16H,4,7,9,12-13H2,1-3H3,(H,22,26). The van der Waals surface area contributed by atoms with Crippen LogP contribution in [-0.4, -0.2) is 41.6 Å². The molecule has 2 amide bonds. The largest absolute Gasteiger partial charge is 0.495 e. The summed E-state index contributed by atoms with van der Waals surface area (Å²) in [6.45, 7) is 5.69. The summed E-state index contributed by atoms with van der Waals surface area (Å²) in [7, 11) is 1.58. The third-order valence-electron chi connectivity index (χ3n) is 4.92. The van der Waals surface area contributed by atoms with E-state index in [9.17, 15) is 9.59 Å². The molecule has 0 aliphatic carbocycles. The first-order valence-corrected chi connectivity index (χ1v) is 9.20.